The van der Waals surface area contributed by atoms with Crippen LogP contribution in [0.1, 0.15) is 57.4 Å². The summed E-state index contributed by atoms with van der Waals surface area (Å²) in [5, 5.41) is 10.9. The first-order valence-electron chi connectivity index (χ1n) is 7.40. The van der Waals surface area contributed by atoms with E-state index in [1.54, 1.807) is 19.5 Å². The number of aromatic nitrogens is 1. The molecule has 0 saturated heterocycles. The van der Waals surface area contributed by atoms with Crippen molar-refractivity contribution in [2.45, 2.75) is 57.5 Å². The van der Waals surface area contributed by atoms with Crippen LogP contribution >= 0.6 is 0 Å². The molecule has 1 N–H and O–H groups in total. The lowest BCUT2D eigenvalue weighted by Gasteiger charge is -2.27. The number of aliphatic hydroxyl groups is 1. The number of hydrogen-bond acceptors (Lipinski definition) is 3. The average molecular weight is 263 g/mol. The topological polar surface area (TPSA) is 42.4 Å². The number of nitrogens with zero attached hydrogens (tertiary/aromatic N) is 1. The molecule has 1 aliphatic carbocycles. The van der Waals surface area contributed by atoms with E-state index in [0.29, 0.717) is 0 Å². The summed E-state index contributed by atoms with van der Waals surface area (Å²) < 4.78 is 5.21. The van der Waals surface area contributed by atoms with Gasteiger partial charge in [0.2, 0.25) is 0 Å². The van der Waals surface area contributed by atoms with E-state index >= 15 is 0 Å². The van der Waals surface area contributed by atoms with Gasteiger partial charge in [-0.3, -0.25) is 4.98 Å². The molecule has 1 aromatic heterocycles. The molecule has 106 valence electrons. The molecular formula is C16H25NO2. The maximum Gasteiger partial charge on any atom is 0.137 e. The van der Waals surface area contributed by atoms with Gasteiger partial charge in [0, 0.05) is 11.8 Å². The number of rotatable bonds is 4. The monoisotopic (exact) mass is 263 g/mol. The van der Waals surface area contributed by atoms with Crippen molar-refractivity contribution in [3.05, 3.63) is 24.0 Å². The SMILES string of the molecule is CCCC1CCCC(O)(c2cncc(OC)c2)CC1. The van der Waals surface area contributed by atoms with Crippen molar-refractivity contribution in [2.24, 2.45) is 5.92 Å². The molecule has 3 heteroatoms. The van der Waals surface area contributed by atoms with Crippen LogP contribution in [0.25, 0.3) is 0 Å². The first-order chi connectivity index (χ1) is 9.18. The highest BCUT2D eigenvalue weighted by atomic mass is 16.5. The van der Waals surface area contributed by atoms with Gasteiger partial charge in [-0.25, -0.2) is 0 Å². The zero-order valence-corrected chi connectivity index (χ0v) is 12.1. The van der Waals surface area contributed by atoms with E-state index in [1.165, 1.54) is 19.3 Å². The Hall–Kier alpha value is -1.09. The van der Waals surface area contributed by atoms with E-state index < -0.39 is 5.60 Å². The van der Waals surface area contributed by atoms with Crippen molar-refractivity contribution >= 4 is 0 Å². The van der Waals surface area contributed by atoms with Crippen LogP contribution in [0.3, 0.4) is 0 Å². The maximum atomic E-state index is 10.9. The number of ether oxygens (including phenoxy) is 1. The second kappa shape index (κ2) is 6.38. The molecule has 1 heterocycles. The summed E-state index contributed by atoms with van der Waals surface area (Å²) in [5.41, 5.74) is 0.188. The Labute approximate surface area is 116 Å². The zero-order chi connectivity index (χ0) is 13.7. The lowest BCUT2D eigenvalue weighted by molar-refractivity contribution is 0.0190. The highest BCUT2D eigenvalue weighted by Crippen LogP contribution is 2.39. The smallest absolute Gasteiger partial charge is 0.137 e. The largest absolute Gasteiger partial charge is 0.495 e. The minimum Gasteiger partial charge on any atom is -0.495 e. The first kappa shape index (κ1) is 14.3. The molecular weight excluding hydrogens is 238 g/mol. The molecule has 19 heavy (non-hydrogen) atoms. The van der Waals surface area contributed by atoms with Crippen LogP contribution in [0.4, 0.5) is 0 Å². The third-order valence-corrected chi connectivity index (χ3v) is 4.35. The molecule has 0 bridgehead atoms. The molecule has 0 aromatic carbocycles. The Balaban J connectivity index is 2.12. The molecule has 1 aromatic rings. The summed E-state index contributed by atoms with van der Waals surface area (Å²) in [6.07, 6.45) is 11.1. The van der Waals surface area contributed by atoms with Crippen molar-refractivity contribution in [1.29, 1.82) is 0 Å². The van der Waals surface area contributed by atoms with Gasteiger partial charge in [0.25, 0.3) is 0 Å². The van der Waals surface area contributed by atoms with Crippen molar-refractivity contribution < 1.29 is 9.84 Å². The highest BCUT2D eigenvalue weighted by Gasteiger charge is 2.32. The summed E-state index contributed by atoms with van der Waals surface area (Å²) in [7, 11) is 1.63. The van der Waals surface area contributed by atoms with Crippen molar-refractivity contribution in [2.75, 3.05) is 7.11 Å². The highest BCUT2D eigenvalue weighted by molar-refractivity contribution is 5.28. The Bertz CT molecular complexity index is 407. The standard InChI is InChI=1S/C16H25NO2/c1-3-5-13-6-4-8-16(18,9-7-13)14-10-15(19-2)12-17-11-14/h10-13,18H,3-9H2,1-2H3. The fourth-order valence-corrected chi connectivity index (χ4v) is 3.17. The normalized spacial score (nSPS) is 27.8. The molecule has 2 rings (SSSR count). The predicted octanol–water partition coefficient (Wildman–Crippen LogP) is 3.66. The minimum atomic E-state index is -0.718. The molecule has 1 saturated carbocycles. The molecule has 0 aliphatic heterocycles. The van der Waals surface area contributed by atoms with Crippen molar-refractivity contribution in [3.63, 3.8) is 0 Å². The van der Waals surface area contributed by atoms with Gasteiger partial charge in [0.15, 0.2) is 0 Å². The fourth-order valence-electron chi connectivity index (χ4n) is 3.17. The number of pyridine rings is 1. The van der Waals surface area contributed by atoms with E-state index in [4.69, 9.17) is 4.74 Å². The van der Waals surface area contributed by atoms with Gasteiger partial charge in [0.05, 0.1) is 18.9 Å². The maximum absolute atomic E-state index is 10.9. The summed E-state index contributed by atoms with van der Waals surface area (Å²) in [5.74, 6) is 1.50. The summed E-state index contributed by atoms with van der Waals surface area (Å²) in [6, 6.07) is 1.92. The summed E-state index contributed by atoms with van der Waals surface area (Å²) >= 11 is 0. The third-order valence-electron chi connectivity index (χ3n) is 4.35. The van der Waals surface area contributed by atoms with Crippen LogP contribution in [0.15, 0.2) is 18.5 Å². The van der Waals surface area contributed by atoms with Gasteiger partial charge >= 0.3 is 0 Å². The van der Waals surface area contributed by atoms with E-state index in [0.717, 1.165) is 42.9 Å². The lowest BCUT2D eigenvalue weighted by Crippen LogP contribution is -2.25. The van der Waals surface area contributed by atoms with Crippen LogP contribution in [0.5, 0.6) is 5.75 Å². The Morgan fingerprint density at radius 2 is 2.21 bits per heavy atom. The quantitative estimate of drug-likeness (QED) is 0.843. The van der Waals surface area contributed by atoms with Crippen molar-refractivity contribution in [3.8, 4) is 5.75 Å². The molecule has 1 aliphatic rings. The summed E-state index contributed by atoms with van der Waals surface area (Å²) in [4.78, 5) is 4.18. The molecule has 0 amide bonds. The van der Waals surface area contributed by atoms with Gasteiger partial charge in [0.1, 0.15) is 5.75 Å². The Kier molecular flexibility index (Phi) is 4.81. The van der Waals surface area contributed by atoms with E-state index in [-0.39, 0.29) is 0 Å². The molecule has 0 radical (unpaired) electrons. The van der Waals surface area contributed by atoms with Gasteiger partial charge in [-0.15, -0.1) is 0 Å². The Morgan fingerprint density at radius 3 is 2.95 bits per heavy atom. The zero-order valence-electron chi connectivity index (χ0n) is 12.1. The van der Waals surface area contributed by atoms with Crippen LogP contribution in [-0.2, 0) is 5.60 Å². The van der Waals surface area contributed by atoms with Gasteiger partial charge < -0.3 is 9.84 Å². The second-order valence-corrected chi connectivity index (χ2v) is 5.73. The van der Waals surface area contributed by atoms with Crippen LogP contribution in [0, 0.1) is 5.92 Å². The van der Waals surface area contributed by atoms with Gasteiger partial charge in [-0.2, -0.15) is 0 Å². The minimum absolute atomic E-state index is 0.718. The second-order valence-electron chi connectivity index (χ2n) is 5.73. The van der Waals surface area contributed by atoms with Crippen LogP contribution < -0.4 is 4.74 Å². The van der Waals surface area contributed by atoms with Gasteiger partial charge in [-0.05, 0) is 37.7 Å². The van der Waals surface area contributed by atoms with Gasteiger partial charge in [-0.1, -0.05) is 26.2 Å². The predicted molar refractivity (Wildman–Crippen MR) is 76.2 cm³/mol. The number of hydrogen-bond donors (Lipinski definition) is 1. The van der Waals surface area contributed by atoms with Crippen molar-refractivity contribution in [1.82, 2.24) is 4.98 Å². The van der Waals surface area contributed by atoms with Crippen LogP contribution in [0.2, 0.25) is 0 Å². The summed E-state index contributed by atoms with van der Waals surface area (Å²) in [6.45, 7) is 2.24. The van der Waals surface area contributed by atoms with E-state index in [9.17, 15) is 5.11 Å². The first-order valence-corrected chi connectivity index (χ1v) is 7.40. The van der Waals surface area contributed by atoms with E-state index in [1.807, 2.05) is 6.07 Å². The molecule has 2 unspecified atom stereocenters. The third kappa shape index (κ3) is 3.47. The average Bonchev–Trinajstić information content (AvgIpc) is 2.63. The molecule has 1 fully saturated rings. The fraction of sp³-hybridized carbons (Fsp3) is 0.688. The number of methoxy groups -OCH3 is 1. The Morgan fingerprint density at radius 1 is 1.37 bits per heavy atom. The molecule has 3 nitrogen and oxygen atoms in total. The van der Waals surface area contributed by atoms with Crippen LogP contribution in [-0.4, -0.2) is 17.2 Å². The van der Waals surface area contributed by atoms with E-state index in [2.05, 4.69) is 11.9 Å². The molecule has 0 spiro atoms. The lowest BCUT2D eigenvalue weighted by atomic mass is 9.87. The molecule has 2 atom stereocenters.